The Labute approximate surface area is 297 Å². The lowest BCUT2D eigenvalue weighted by Gasteiger charge is -2.18. The molecule has 0 amide bonds. The van der Waals surface area contributed by atoms with Crippen LogP contribution in [0, 0.1) is 0 Å². The van der Waals surface area contributed by atoms with E-state index in [4.69, 9.17) is 0 Å². The molecule has 0 bridgehead atoms. The molecule has 0 unspecified atom stereocenters. The fraction of sp³-hybridized carbons (Fsp3) is 0. The van der Waals surface area contributed by atoms with Crippen molar-refractivity contribution in [3.63, 3.8) is 0 Å². The van der Waals surface area contributed by atoms with Crippen molar-refractivity contribution in [1.29, 1.82) is 0 Å². The van der Waals surface area contributed by atoms with E-state index in [0.29, 0.717) is 0 Å². The smallest absolute Gasteiger partial charge is 0.0448 e. The molecule has 11 aromatic rings. The summed E-state index contributed by atoms with van der Waals surface area (Å²) in [5, 5.41) is 13.1. The lowest BCUT2D eigenvalue weighted by Crippen LogP contribution is -1.91. The van der Waals surface area contributed by atoms with Crippen LogP contribution in [-0.4, -0.2) is 0 Å². The van der Waals surface area contributed by atoms with Crippen molar-refractivity contribution >= 4 is 95.3 Å². The quantitative estimate of drug-likeness (QED) is 0.164. The van der Waals surface area contributed by atoms with Crippen LogP contribution in [0.1, 0.15) is 0 Å². The third-order valence-electron chi connectivity index (χ3n) is 10.5. The van der Waals surface area contributed by atoms with Crippen LogP contribution in [0.4, 0.5) is 0 Å². The summed E-state index contributed by atoms with van der Waals surface area (Å²) >= 11 is 3.82. The standard InChI is InChI=1S/C48H28S2/c1-2-10-32-27-34(22-19-29(32)9-1)46-38-14-5-3-12-36(38)45(37-13-4-6-15-39(37)46)31-20-17-30(18-21-31)33-23-25-43-41(28-33)47-44(49-43)26-24-40-35-11-7-8-16-42(35)50-48(40)47/h1-28H. The van der Waals surface area contributed by atoms with Crippen molar-refractivity contribution in [1.82, 2.24) is 0 Å². The Morgan fingerprint density at radius 3 is 1.56 bits per heavy atom. The van der Waals surface area contributed by atoms with Crippen LogP contribution < -0.4 is 0 Å². The van der Waals surface area contributed by atoms with Gasteiger partial charge in [0.1, 0.15) is 0 Å². The molecule has 2 heterocycles. The maximum Gasteiger partial charge on any atom is 0.0448 e. The molecular formula is C48H28S2. The molecule has 0 aliphatic heterocycles. The van der Waals surface area contributed by atoms with E-state index in [1.165, 1.54) is 106 Å². The van der Waals surface area contributed by atoms with E-state index in [2.05, 4.69) is 170 Å². The summed E-state index contributed by atoms with van der Waals surface area (Å²) < 4.78 is 5.45. The molecule has 2 aromatic heterocycles. The normalized spacial score (nSPS) is 12.0. The summed E-state index contributed by atoms with van der Waals surface area (Å²) in [7, 11) is 0. The molecule has 0 saturated heterocycles. The fourth-order valence-corrected chi connectivity index (χ4v) is 10.6. The Bertz CT molecular complexity index is 3080. The van der Waals surface area contributed by atoms with Gasteiger partial charge in [0.15, 0.2) is 0 Å². The lowest BCUT2D eigenvalue weighted by atomic mass is 9.85. The van der Waals surface area contributed by atoms with Gasteiger partial charge in [-0.1, -0.05) is 140 Å². The van der Waals surface area contributed by atoms with Gasteiger partial charge >= 0.3 is 0 Å². The van der Waals surface area contributed by atoms with Gasteiger partial charge in [0.25, 0.3) is 0 Å². The molecule has 0 radical (unpaired) electrons. The number of benzene rings is 9. The molecule has 232 valence electrons. The maximum atomic E-state index is 2.41. The summed E-state index contributed by atoms with van der Waals surface area (Å²) in [5.74, 6) is 0. The number of thiophene rings is 2. The molecule has 0 N–H and O–H groups in total. The number of hydrogen-bond donors (Lipinski definition) is 0. The van der Waals surface area contributed by atoms with Crippen molar-refractivity contribution in [2.75, 3.05) is 0 Å². The van der Waals surface area contributed by atoms with Crippen molar-refractivity contribution in [2.45, 2.75) is 0 Å². The maximum absolute atomic E-state index is 2.41. The zero-order chi connectivity index (χ0) is 32.8. The van der Waals surface area contributed by atoms with Gasteiger partial charge in [0.2, 0.25) is 0 Å². The Kier molecular flexibility index (Phi) is 6.09. The average molecular weight is 669 g/mol. The van der Waals surface area contributed by atoms with E-state index in [0.717, 1.165) is 0 Å². The monoisotopic (exact) mass is 668 g/mol. The molecule has 2 heteroatoms. The first kappa shape index (κ1) is 28.1. The van der Waals surface area contributed by atoms with E-state index < -0.39 is 0 Å². The Hall–Kier alpha value is -5.80. The second-order valence-electron chi connectivity index (χ2n) is 13.2. The first-order valence-corrected chi connectivity index (χ1v) is 18.7. The minimum atomic E-state index is 1.24. The second kappa shape index (κ2) is 10.9. The summed E-state index contributed by atoms with van der Waals surface area (Å²) in [6, 6.07) is 63.1. The second-order valence-corrected chi connectivity index (χ2v) is 15.3. The SMILES string of the molecule is c1ccc2cc(-c3c4ccccc4c(-c4ccc(-c5ccc6sc7ccc8c9ccccc9sc8c7c6c5)cc4)c4ccccc34)ccc2c1. The van der Waals surface area contributed by atoms with E-state index >= 15 is 0 Å². The fourth-order valence-electron chi connectivity index (χ4n) is 8.15. The van der Waals surface area contributed by atoms with Gasteiger partial charge in [-0.2, -0.15) is 0 Å². The van der Waals surface area contributed by atoms with Crippen molar-refractivity contribution in [3.05, 3.63) is 170 Å². The topological polar surface area (TPSA) is 0 Å². The molecule has 0 nitrogen and oxygen atoms in total. The van der Waals surface area contributed by atoms with Crippen molar-refractivity contribution < 1.29 is 0 Å². The van der Waals surface area contributed by atoms with Crippen LogP contribution in [0.5, 0.6) is 0 Å². The predicted molar refractivity (Wildman–Crippen MR) is 221 cm³/mol. The molecule has 9 aromatic carbocycles. The molecule has 0 aliphatic carbocycles. The summed E-state index contributed by atoms with van der Waals surface area (Å²) in [6.07, 6.45) is 0. The Morgan fingerprint density at radius 2 is 0.820 bits per heavy atom. The van der Waals surface area contributed by atoms with Crippen LogP contribution in [0.25, 0.3) is 106 Å². The zero-order valence-electron chi connectivity index (χ0n) is 27.0. The van der Waals surface area contributed by atoms with Crippen LogP contribution in [0.2, 0.25) is 0 Å². The molecule has 0 aliphatic rings. The Balaban J connectivity index is 1.07. The highest BCUT2D eigenvalue weighted by molar-refractivity contribution is 7.29. The van der Waals surface area contributed by atoms with Gasteiger partial charge in [0, 0.05) is 40.3 Å². The van der Waals surface area contributed by atoms with Gasteiger partial charge < -0.3 is 0 Å². The molecule has 11 rings (SSSR count). The van der Waals surface area contributed by atoms with Gasteiger partial charge in [0.05, 0.1) is 0 Å². The summed E-state index contributed by atoms with van der Waals surface area (Å²) in [6.45, 7) is 0. The van der Waals surface area contributed by atoms with Crippen LogP contribution >= 0.6 is 22.7 Å². The minimum Gasteiger partial charge on any atom is -0.135 e. The van der Waals surface area contributed by atoms with Crippen LogP contribution in [-0.2, 0) is 0 Å². The lowest BCUT2D eigenvalue weighted by molar-refractivity contribution is 1.63. The predicted octanol–water partition coefficient (Wildman–Crippen LogP) is 14.9. The van der Waals surface area contributed by atoms with Crippen molar-refractivity contribution in [2.24, 2.45) is 0 Å². The van der Waals surface area contributed by atoms with Crippen LogP contribution in [0.3, 0.4) is 0 Å². The molecule has 0 spiro atoms. The van der Waals surface area contributed by atoms with E-state index in [1.807, 2.05) is 22.7 Å². The molecule has 0 fully saturated rings. The third kappa shape index (κ3) is 4.16. The van der Waals surface area contributed by atoms with E-state index in [-0.39, 0.29) is 0 Å². The van der Waals surface area contributed by atoms with Gasteiger partial charge in [-0.05, 0) is 96.0 Å². The number of fused-ring (bicyclic) bond motifs is 10. The molecule has 50 heavy (non-hydrogen) atoms. The first-order valence-electron chi connectivity index (χ1n) is 17.1. The largest absolute Gasteiger partial charge is 0.135 e. The minimum absolute atomic E-state index is 1.24. The molecule has 0 saturated carbocycles. The van der Waals surface area contributed by atoms with E-state index in [9.17, 15) is 0 Å². The first-order chi connectivity index (χ1) is 24.8. The summed E-state index contributed by atoms with van der Waals surface area (Å²) in [5.41, 5.74) is 7.57. The van der Waals surface area contributed by atoms with Gasteiger partial charge in [-0.15, -0.1) is 22.7 Å². The average Bonchev–Trinajstić information content (AvgIpc) is 3.75. The highest BCUT2D eigenvalue weighted by Crippen LogP contribution is 2.47. The number of rotatable bonds is 3. The zero-order valence-corrected chi connectivity index (χ0v) is 28.6. The summed E-state index contributed by atoms with van der Waals surface area (Å²) in [4.78, 5) is 0. The Morgan fingerprint density at radius 1 is 0.280 bits per heavy atom. The molecule has 0 atom stereocenters. The van der Waals surface area contributed by atoms with Gasteiger partial charge in [-0.25, -0.2) is 0 Å². The highest BCUT2D eigenvalue weighted by atomic mass is 32.1. The van der Waals surface area contributed by atoms with Crippen molar-refractivity contribution in [3.8, 4) is 33.4 Å². The highest BCUT2D eigenvalue weighted by Gasteiger charge is 2.18. The van der Waals surface area contributed by atoms with E-state index in [1.54, 1.807) is 0 Å². The number of hydrogen-bond acceptors (Lipinski definition) is 2. The molecular weight excluding hydrogens is 641 g/mol. The van der Waals surface area contributed by atoms with Gasteiger partial charge in [-0.3, -0.25) is 0 Å². The van der Waals surface area contributed by atoms with Crippen LogP contribution in [0.15, 0.2) is 170 Å². The third-order valence-corrected chi connectivity index (χ3v) is 12.8.